The molecule has 0 heterocycles. The molecule has 0 saturated heterocycles. The Morgan fingerprint density at radius 1 is 1.44 bits per heavy atom. The molecule has 0 saturated carbocycles. The Kier molecular flexibility index (Phi) is 6.18. The van der Waals surface area contributed by atoms with Crippen LogP contribution >= 0.6 is 0 Å². The molecule has 5 heteroatoms. The lowest BCUT2D eigenvalue weighted by Gasteiger charge is -2.09. The van der Waals surface area contributed by atoms with Crippen LogP contribution in [0.15, 0.2) is 24.3 Å². The maximum absolute atomic E-state index is 10.6. The molecule has 18 heavy (non-hydrogen) atoms. The molecule has 0 fully saturated rings. The van der Waals surface area contributed by atoms with Crippen LogP contribution in [-0.4, -0.2) is 36.0 Å². The second-order valence-corrected chi connectivity index (χ2v) is 3.97. The van der Waals surface area contributed by atoms with E-state index in [0.29, 0.717) is 12.4 Å². The van der Waals surface area contributed by atoms with E-state index in [-0.39, 0.29) is 19.8 Å². The molecule has 0 aromatic heterocycles. The Bertz CT molecular complexity index is 377. The van der Waals surface area contributed by atoms with Gasteiger partial charge in [-0.3, -0.25) is 4.79 Å². The number of aliphatic carboxylic acids is 1. The van der Waals surface area contributed by atoms with Crippen LogP contribution in [0.1, 0.15) is 12.5 Å². The van der Waals surface area contributed by atoms with Crippen molar-refractivity contribution in [1.82, 2.24) is 0 Å². The molecule has 2 N–H and O–H groups in total. The van der Waals surface area contributed by atoms with Crippen LogP contribution in [-0.2, 0) is 16.1 Å². The van der Waals surface area contributed by atoms with Gasteiger partial charge < -0.3 is 19.7 Å². The lowest BCUT2D eigenvalue weighted by molar-refractivity contribution is -0.143. The average Bonchev–Trinajstić information content (AvgIpc) is 2.36. The summed E-state index contributed by atoms with van der Waals surface area (Å²) in [6.45, 7) is 2.34. The van der Waals surface area contributed by atoms with Gasteiger partial charge in [0.2, 0.25) is 0 Å². The standard InChI is InChI=1S/C13H18O5/c1-10(13(15)16)8-17-9-11-3-2-4-12(7-11)18-6-5-14/h2-4,7,10,14H,5-6,8-9H2,1H3,(H,15,16)/t10-/m0/s1. The van der Waals surface area contributed by atoms with E-state index in [1.807, 2.05) is 12.1 Å². The summed E-state index contributed by atoms with van der Waals surface area (Å²) in [5.74, 6) is -0.717. The predicted octanol–water partition coefficient (Wildman–Crippen LogP) is 1.29. The monoisotopic (exact) mass is 254 g/mol. The van der Waals surface area contributed by atoms with Crippen LogP contribution in [0.3, 0.4) is 0 Å². The summed E-state index contributed by atoms with van der Waals surface area (Å²) in [6, 6.07) is 7.30. The van der Waals surface area contributed by atoms with E-state index in [9.17, 15) is 4.79 Å². The lowest BCUT2D eigenvalue weighted by Crippen LogP contribution is -2.16. The zero-order valence-electron chi connectivity index (χ0n) is 10.3. The number of carbonyl (C=O) groups is 1. The topological polar surface area (TPSA) is 76.0 Å². The normalized spacial score (nSPS) is 12.1. The Morgan fingerprint density at radius 3 is 2.89 bits per heavy atom. The predicted molar refractivity (Wildman–Crippen MR) is 65.5 cm³/mol. The van der Waals surface area contributed by atoms with Crippen LogP contribution < -0.4 is 4.74 Å². The molecule has 0 unspecified atom stereocenters. The molecule has 0 aliphatic carbocycles. The lowest BCUT2D eigenvalue weighted by atomic mass is 10.2. The quantitative estimate of drug-likeness (QED) is 0.731. The number of rotatable bonds is 8. The number of ether oxygens (including phenoxy) is 2. The van der Waals surface area contributed by atoms with Gasteiger partial charge in [0, 0.05) is 0 Å². The van der Waals surface area contributed by atoms with E-state index in [0.717, 1.165) is 5.56 Å². The van der Waals surface area contributed by atoms with Crippen LogP contribution in [0.25, 0.3) is 0 Å². The smallest absolute Gasteiger partial charge is 0.308 e. The molecule has 1 aromatic rings. The first kappa shape index (κ1) is 14.5. The summed E-state index contributed by atoms with van der Waals surface area (Å²) < 4.78 is 10.6. The fourth-order valence-corrected chi connectivity index (χ4v) is 1.31. The van der Waals surface area contributed by atoms with Crippen molar-refractivity contribution in [3.05, 3.63) is 29.8 Å². The second-order valence-electron chi connectivity index (χ2n) is 3.97. The molecule has 1 aromatic carbocycles. The van der Waals surface area contributed by atoms with Crippen molar-refractivity contribution in [3.63, 3.8) is 0 Å². The van der Waals surface area contributed by atoms with E-state index in [4.69, 9.17) is 19.7 Å². The fourth-order valence-electron chi connectivity index (χ4n) is 1.31. The van der Waals surface area contributed by atoms with E-state index in [2.05, 4.69) is 0 Å². The molecule has 0 aliphatic rings. The van der Waals surface area contributed by atoms with Crippen molar-refractivity contribution in [3.8, 4) is 5.75 Å². The SMILES string of the molecule is C[C@@H](COCc1cccc(OCCO)c1)C(=O)O. The van der Waals surface area contributed by atoms with Gasteiger partial charge in [0.05, 0.1) is 25.7 Å². The first-order chi connectivity index (χ1) is 8.63. The van der Waals surface area contributed by atoms with Crippen molar-refractivity contribution < 1.29 is 24.5 Å². The Hall–Kier alpha value is -1.59. The van der Waals surface area contributed by atoms with Crippen LogP contribution in [0.5, 0.6) is 5.75 Å². The number of carboxylic acid groups (broad SMARTS) is 1. The van der Waals surface area contributed by atoms with Crippen molar-refractivity contribution in [1.29, 1.82) is 0 Å². The highest BCUT2D eigenvalue weighted by Crippen LogP contribution is 2.14. The average molecular weight is 254 g/mol. The maximum atomic E-state index is 10.6. The third kappa shape index (κ3) is 5.16. The van der Waals surface area contributed by atoms with Crippen LogP contribution in [0, 0.1) is 5.92 Å². The van der Waals surface area contributed by atoms with Gasteiger partial charge in [0.1, 0.15) is 12.4 Å². The molecule has 0 radical (unpaired) electrons. The summed E-state index contributed by atoms with van der Waals surface area (Å²) in [7, 11) is 0. The minimum Gasteiger partial charge on any atom is -0.491 e. The Balaban J connectivity index is 2.40. The minimum absolute atomic E-state index is 0.0309. The van der Waals surface area contributed by atoms with Crippen molar-refractivity contribution in [2.75, 3.05) is 19.8 Å². The van der Waals surface area contributed by atoms with E-state index in [1.165, 1.54) is 0 Å². The van der Waals surface area contributed by atoms with Crippen molar-refractivity contribution >= 4 is 5.97 Å². The number of aliphatic hydroxyl groups excluding tert-OH is 1. The van der Waals surface area contributed by atoms with Gasteiger partial charge in [0.25, 0.3) is 0 Å². The van der Waals surface area contributed by atoms with E-state index in [1.54, 1.807) is 19.1 Å². The third-order valence-electron chi connectivity index (χ3n) is 2.32. The molecule has 0 spiro atoms. The highest BCUT2D eigenvalue weighted by Gasteiger charge is 2.10. The zero-order valence-corrected chi connectivity index (χ0v) is 10.3. The van der Waals surface area contributed by atoms with E-state index < -0.39 is 11.9 Å². The third-order valence-corrected chi connectivity index (χ3v) is 2.32. The van der Waals surface area contributed by atoms with Crippen molar-refractivity contribution in [2.45, 2.75) is 13.5 Å². The molecule has 100 valence electrons. The summed E-state index contributed by atoms with van der Waals surface area (Å²) in [4.78, 5) is 10.6. The second kappa shape index (κ2) is 7.68. The number of aliphatic hydroxyl groups is 1. The fraction of sp³-hybridized carbons (Fsp3) is 0.462. The maximum Gasteiger partial charge on any atom is 0.308 e. The van der Waals surface area contributed by atoms with Gasteiger partial charge in [-0.2, -0.15) is 0 Å². The molecule has 1 rings (SSSR count). The number of benzene rings is 1. The Morgan fingerprint density at radius 2 is 2.22 bits per heavy atom. The number of hydrogen-bond acceptors (Lipinski definition) is 4. The summed E-state index contributed by atoms with van der Waals surface area (Å²) in [6.07, 6.45) is 0. The first-order valence-corrected chi connectivity index (χ1v) is 5.76. The van der Waals surface area contributed by atoms with Gasteiger partial charge in [-0.25, -0.2) is 0 Å². The minimum atomic E-state index is -0.866. The van der Waals surface area contributed by atoms with Gasteiger partial charge in [-0.1, -0.05) is 12.1 Å². The van der Waals surface area contributed by atoms with E-state index >= 15 is 0 Å². The Labute approximate surface area is 106 Å². The molecular weight excluding hydrogens is 236 g/mol. The number of hydrogen-bond donors (Lipinski definition) is 2. The molecule has 5 nitrogen and oxygen atoms in total. The molecule has 0 bridgehead atoms. The number of carboxylic acids is 1. The van der Waals surface area contributed by atoms with Crippen molar-refractivity contribution in [2.24, 2.45) is 5.92 Å². The van der Waals surface area contributed by atoms with Gasteiger partial charge >= 0.3 is 5.97 Å². The van der Waals surface area contributed by atoms with Gasteiger partial charge in [-0.15, -0.1) is 0 Å². The van der Waals surface area contributed by atoms with Crippen LogP contribution in [0.2, 0.25) is 0 Å². The highest BCUT2D eigenvalue weighted by molar-refractivity contribution is 5.69. The highest BCUT2D eigenvalue weighted by atomic mass is 16.5. The van der Waals surface area contributed by atoms with Gasteiger partial charge in [-0.05, 0) is 24.6 Å². The van der Waals surface area contributed by atoms with Crippen LogP contribution in [0.4, 0.5) is 0 Å². The largest absolute Gasteiger partial charge is 0.491 e. The molecule has 0 amide bonds. The first-order valence-electron chi connectivity index (χ1n) is 5.76. The zero-order chi connectivity index (χ0) is 13.4. The molecular formula is C13H18O5. The summed E-state index contributed by atoms with van der Waals surface area (Å²) in [5, 5.41) is 17.3. The summed E-state index contributed by atoms with van der Waals surface area (Å²) >= 11 is 0. The molecule has 1 atom stereocenters. The molecule has 0 aliphatic heterocycles. The summed E-state index contributed by atoms with van der Waals surface area (Å²) in [5.41, 5.74) is 0.906. The van der Waals surface area contributed by atoms with Gasteiger partial charge in [0.15, 0.2) is 0 Å².